The molecule has 1 saturated carbocycles. The second-order valence-corrected chi connectivity index (χ2v) is 10.7. The maximum atomic E-state index is 13.4. The molecule has 1 N–H and O–H groups in total. The molecule has 0 aromatic carbocycles. The van der Waals surface area contributed by atoms with Crippen molar-refractivity contribution in [1.29, 1.82) is 0 Å². The van der Waals surface area contributed by atoms with Gasteiger partial charge in [0.25, 0.3) is 5.91 Å². The molecule has 38 heavy (non-hydrogen) atoms. The average molecular weight is 559 g/mol. The molecule has 17 heteroatoms. The Balaban J connectivity index is 1.65. The zero-order valence-electron chi connectivity index (χ0n) is 19.4. The van der Waals surface area contributed by atoms with Gasteiger partial charge < -0.3 is 10.1 Å². The lowest BCUT2D eigenvalue weighted by molar-refractivity contribution is -0.290. The summed E-state index contributed by atoms with van der Waals surface area (Å²) >= 11 is 0. The molecule has 0 atom stereocenters. The van der Waals surface area contributed by atoms with Gasteiger partial charge >= 0.3 is 12.1 Å². The topological polar surface area (TPSA) is 133 Å². The molecule has 4 aromatic heterocycles. The van der Waals surface area contributed by atoms with Gasteiger partial charge in [-0.3, -0.25) is 9.20 Å². The van der Waals surface area contributed by atoms with E-state index in [0.29, 0.717) is 0 Å². The predicted octanol–water partition coefficient (Wildman–Crippen LogP) is 2.70. The summed E-state index contributed by atoms with van der Waals surface area (Å²) in [5.41, 5.74) is -0.259. The number of halogens is 5. The number of fused-ring (bicyclic) bond motifs is 2. The molecule has 1 fully saturated rings. The number of ether oxygens (including phenoxy) is 1. The van der Waals surface area contributed by atoms with Crippen LogP contribution in [-0.2, 0) is 9.84 Å². The molecule has 0 bridgehead atoms. The van der Waals surface area contributed by atoms with Crippen LogP contribution in [0.3, 0.4) is 0 Å². The molecule has 0 radical (unpaired) electrons. The molecule has 5 rings (SSSR count). The van der Waals surface area contributed by atoms with Crippen LogP contribution in [0.25, 0.3) is 22.6 Å². The van der Waals surface area contributed by atoms with Gasteiger partial charge in [0.15, 0.2) is 32.9 Å². The van der Waals surface area contributed by atoms with Crippen molar-refractivity contribution in [3.8, 4) is 17.3 Å². The van der Waals surface area contributed by atoms with E-state index in [-0.39, 0.29) is 40.0 Å². The minimum absolute atomic E-state index is 0.00600. The smallest absolute Gasteiger partial charge is 0.456 e. The lowest BCUT2D eigenvalue weighted by Gasteiger charge is -2.19. The van der Waals surface area contributed by atoms with Gasteiger partial charge in [0.2, 0.25) is 5.88 Å². The predicted molar refractivity (Wildman–Crippen MR) is 120 cm³/mol. The summed E-state index contributed by atoms with van der Waals surface area (Å²) in [7, 11) is -4.02. The molecule has 0 aliphatic heterocycles. The quantitative estimate of drug-likeness (QED) is 0.326. The highest BCUT2D eigenvalue weighted by molar-refractivity contribution is 7.91. The number of carbonyl (C=O) groups excluding carboxylic acids is 1. The van der Waals surface area contributed by atoms with E-state index < -0.39 is 45.4 Å². The van der Waals surface area contributed by atoms with Crippen LogP contribution in [0.15, 0.2) is 35.9 Å². The Morgan fingerprint density at radius 3 is 2.55 bits per heavy atom. The molecule has 0 unspecified atom stereocenters. The van der Waals surface area contributed by atoms with Gasteiger partial charge in [-0.25, -0.2) is 27.9 Å². The monoisotopic (exact) mass is 559 g/mol. The van der Waals surface area contributed by atoms with Crippen LogP contribution in [0.5, 0.6) is 5.88 Å². The largest absolute Gasteiger partial charge is 0.469 e. The Labute approximate surface area is 210 Å². The third-order valence-electron chi connectivity index (χ3n) is 5.76. The van der Waals surface area contributed by atoms with Gasteiger partial charge in [-0.2, -0.15) is 27.1 Å². The molecule has 202 valence electrons. The van der Waals surface area contributed by atoms with Crippen molar-refractivity contribution >= 4 is 26.9 Å². The third kappa shape index (κ3) is 4.39. The lowest BCUT2D eigenvalue weighted by Crippen LogP contribution is -2.41. The number of sulfone groups is 1. The fourth-order valence-corrected chi connectivity index (χ4v) is 4.55. The number of nitrogens with zero attached hydrogens (tertiary/aromatic N) is 6. The number of alkyl halides is 5. The number of hydrogen-bond donors (Lipinski definition) is 1. The van der Waals surface area contributed by atoms with E-state index in [1.165, 1.54) is 29.8 Å². The van der Waals surface area contributed by atoms with Crippen LogP contribution in [0.1, 0.15) is 30.3 Å². The normalized spacial score (nSPS) is 14.8. The fourth-order valence-electron chi connectivity index (χ4n) is 3.58. The van der Waals surface area contributed by atoms with E-state index in [4.69, 9.17) is 4.74 Å². The molecule has 0 saturated heterocycles. The number of hydrogen-bond acceptors (Lipinski definition) is 8. The molecular formula is C21H18F5N7O4S. The number of amides is 1. The number of aromatic nitrogens is 6. The van der Waals surface area contributed by atoms with E-state index >= 15 is 0 Å². The van der Waals surface area contributed by atoms with Crippen molar-refractivity contribution in [3.63, 3.8) is 0 Å². The summed E-state index contributed by atoms with van der Waals surface area (Å²) in [4.78, 5) is 24.9. The first-order valence-electron chi connectivity index (χ1n) is 11.1. The van der Waals surface area contributed by atoms with Crippen LogP contribution < -0.4 is 10.1 Å². The van der Waals surface area contributed by atoms with Gasteiger partial charge in [-0.15, -0.1) is 0 Å². The van der Waals surface area contributed by atoms with Crippen LogP contribution in [-0.4, -0.2) is 73.8 Å². The van der Waals surface area contributed by atoms with Crippen molar-refractivity contribution in [2.75, 3.05) is 12.4 Å². The first-order chi connectivity index (χ1) is 17.8. The SMILES string of the molecule is CCS(=O)(=O)c1nn2c(C(=O)NC3CC3)ccnc2c1-c1ncc2c(OCC(F)(F)C(F)(F)F)nccn12. The molecule has 0 spiro atoms. The van der Waals surface area contributed by atoms with Crippen molar-refractivity contribution in [2.45, 2.75) is 42.9 Å². The zero-order valence-corrected chi connectivity index (χ0v) is 20.2. The van der Waals surface area contributed by atoms with Gasteiger partial charge in [0.1, 0.15) is 16.8 Å². The average Bonchev–Trinajstić information content (AvgIpc) is 3.42. The van der Waals surface area contributed by atoms with Gasteiger partial charge in [-0.05, 0) is 18.9 Å². The Morgan fingerprint density at radius 1 is 1.16 bits per heavy atom. The number of imidazole rings is 1. The van der Waals surface area contributed by atoms with E-state index in [1.807, 2.05) is 0 Å². The second kappa shape index (κ2) is 8.85. The summed E-state index contributed by atoms with van der Waals surface area (Å²) in [6, 6.07) is 1.37. The van der Waals surface area contributed by atoms with Crippen molar-refractivity contribution in [3.05, 3.63) is 36.5 Å². The van der Waals surface area contributed by atoms with Crippen molar-refractivity contribution in [2.24, 2.45) is 0 Å². The second-order valence-electron chi connectivity index (χ2n) is 8.46. The summed E-state index contributed by atoms with van der Waals surface area (Å²) in [6.07, 6.45) is 0.483. The molecule has 4 heterocycles. The molecular weight excluding hydrogens is 541 g/mol. The summed E-state index contributed by atoms with van der Waals surface area (Å²) in [5.74, 6) is -6.68. The van der Waals surface area contributed by atoms with E-state index in [2.05, 4.69) is 25.4 Å². The standard InChI is InChI=1S/C21H18F5N7O4S/c1-2-38(35,36)19-14(16-27-6-5-12(33(16)31-19)17(34)30-11-3-4-11)15-29-9-13-18(28-7-8-32(13)15)37-10-20(22,23)21(24,25)26/h5-9,11H,2-4,10H2,1H3,(H,30,34). The lowest BCUT2D eigenvalue weighted by atomic mass is 10.3. The molecule has 11 nitrogen and oxygen atoms in total. The Morgan fingerprint density at radius 2 is 1.89 bits per heavy atom. The van der Waals surface area contributed by atoms with E-state index in [1.54, 1.807) is 0 Å². The Hall–Kier alpha value is -3.89. The Bertz CT molecular complexity index is 1660. The van der Waals surface area contributed by atoms with Crippen LogP contribution in [0.2, 0.25) is 0 Å². The van der Waals surface area contributed by atoms with Crippen molar-refractivity contribution < 1.29 is 39.9 Å². The van der Waals surface area contributed by atoms with Crippen molar-refractivity contribution in [1.82, 2.24) is 34.3 Å². The van der Waals surface area contributed by atoms with Gasteiger partial charge in [0.05, 0.1) is 11.9 Å². The molecule has 1 aliphatic carbocycles. The maximum absolute atomic E-state index is 13.4. The summed E-state index contributed by atoms with van der Waals surface area (Å²) in [5, 5.41) is 6.50. The number of carbonyl (C=O) groups is 1. The van der Waals surface area contributed by atoms with Gasteiger partial charge in [0, 0.05) is 24.6 Å². The van der Waals surface area contributed by atoms with E-state index in [0.717, 1.165) is 29.8 Å². The third-order valence-corrected chi connectivity index (χ3v) is 7.39. The molecule has 4 aromatic rings. The molecule has 1 amide bonds. The summed E-state index contributed by atoms with van der Waals surface area (Å²) in [6.45, 7) is -0.644. The number of rotatable bonds is 8. The minimum atomic E-state index is -5.83. The number of nitrogens with one attached hydrogen (secondary N) is 1. The maximum Gasteiger partial charge on any atom is 0.456 e. The fraction of sp³-hybridized carbons (Fsp3) is 0.381. The minimum Gasteiger partial charge on any atom is -0.469 e. The van der Waals surface area contributed by atoms with Gasteiger partial charge in [-0.1, -0.05) is 6.92 Å². The van der Waals surface area contributed by atoms with Crippen LogP contribution in [0, 0.1) is 0 Å². The molecule has 1 aliphatic rings. The van der Waals surface area contributed by atoms with Crippen LogP contribution >= 0.6 is 0 Å². The first kappa shape index (κ1) is 25.7. The highest BCUT2D eigenvalue weighted by atomic mass is 32.2. The zero-order chi connectivity index (χ0) is 27.5. The van der Waals surface area contributed by atoms with Crippen LogP contribution in [0.4, 0.5) is 22.0 Å². The highest BCUT2D eigenvalue weighted by Crippen LogP contribution is 2.37. The summed E-state index contributed by atoms with van der Waals surface area (Å²) < 4.78 is 97.5. The Kier molecular flexibility index (Phi) is 6.00. The highest BCUT2D eigenvalue weighted by Gasteiger charge is 2.58. The first-order valence-corrected chi connectivity index (χ1v) is 12.8. The van der Waals surface area contributed by atoms with E-state index in [9.17, 15) is 35.2 Å².